The van der Waals surface area contributed by atoms with Gasteiger partial charge >= 0.3 is 6.03 Å². The van der Waals surface area contributed by atoms with Gasteiger partial charge in [-0.3, -0.25) is 10.4 Å². The molecular formula is C19H22N4O3. The number of anilines is 2. The Morgan fingerprint density at radius 3 is 2.96 bits per heavy atom. The van der Waals surface area contributed by atoms with Gasteiger partial charge < -0.3 is 14.5 Å². The highest BCUT2D eigenvalue weighted by atomic mass is 16.5. The standard InChI is InChI=1S/C19H22N4O3/c1-11-12(2)26-17-6-5-14(8-15(11)17)20-19(24)21-18-9-16(22-23-18)13-4-3-7-25-10-13/h5-6,8-9,13H,3-4,7,10H2,1-2H3,(H3,20,21,22,23,24). The van der Waals surface area contributed by atoms with Crippen LogP contribution in [-0.4, -0.2) is 29.4 Å². The van der Waals surface area contributed by atoms with E-state index in [-0.39, 0.29) is 6.03 Å². The number of hydrogen-bond acceptors (Lipinski definition) is 4. The number of amides is 2. The molecule has 7 nitrogen and oxygen atoms in total. The Bertz CT molecular complexity index is 938. The highest BCUT2D eigenvalue weighted by molar-refractivity contribution is 6.00. The molecule has 136 valence electrons. The monoisotopic (exact) mass is 354 g/mol. The summed E-state index contributed by atoms with van der Waals surface area (Å²) >= 11 is 0. The maximum atomic E-state index is 12.3. The van der Waals surface area contributed by atoms with Gasteiger partial charge in [0.2, 0.25) is 0 Å². The molecule has 1 aliphatic rings. The van der Waals surface area contributed by atoms with E-state index in [9.17, 15) is 4.79 Å². The van der Waals surface area contributed by atoms with Gasteiger partial charge in [0.15, 0.2) is 5.82 Å². The average molecular weight is 354 g/mol. The molecule has 1 aromatic carbocycles. The molecule has 3 heterocycles. The van der Waals surface area contributed by atoms with Gasteiger partial charge in [-0.05, 0) is 50.5 Å². The molecular weight excluding hydrogens is 332 g/mol. The number of rotatable bonds is 3. The van der Waals surface area contributed by atoms with Crippen LogP contribution in [0.25, 0.3) is 11.0 Å². The maximum absolute atomic E-state index is 12.3. The van der Waals surface area contributed by atoms with Gasteiger partial charge in [0, 0.05) is 35.4 Å². The Balaban J connectivity index is 1.42. The van der Waals surface area contributed by atoms with Crippen molar-refractivity contribution in [3.05, 3.63) is 41.3 Å². The predicted molar refractivity (Wildman–Crippen MR) is 99.7 cm³/mol. The fourth-order valence-electron chi connectivity index (χ4n) is 3.30. The summed E-state index contributed by atoms with van der Waals surface area (Å²) in [4.78, 5) is 12.3. The van der Waals surface area contributed by atoms with Crippen molar-refractivity contribution in [3.8, 4) is 0 Å². The smallest absolute Gasteiger partial charge is 0.324 e. The van der Waals surface area contributed by atoms with Crippen LogP contribution in [0.15, 0.2) is 28.7 Å². The molecule has 1 atom stereocenters. The van der Waals surface area contributed by atoms with E-state index >= 15 is 0 Å². The Kier molecular flexibility index (Phi) is 4.38. The van der Waals surface area contributed by atoms with E-state index in [2.05, 4.69) is 20.8 Å². The van der Waals surface area contributed by atoms with Crippen molar-refractivity contribution in [1.82, 2.24) is 10.2 Å². The summed E-state index contributed by atoms with van der Waals surface area (Å²) in [7, 11) is 0. The molecule has 0 radical (unpaired) electrons. The minimum absolute atomic E-state index is 0.310. The van der Waals surface area contributed by atoms with E-state index < -0.39 is 0 Å². The maximum Gasteiger partial charge on any atom is 0.324 e. The Morgan fingerprint density at radius 1 is 1.27 bits per heavy atom. The topological polar surface area (TPSA) is 92.2 Å². The average Bonchev–Trinajstić information content (AvgIpc) is 3.21. The van der Waals surface area contributed by atoms with Crippen LogP contribution in [0.3, 0.4) is 0 Å². The second-order valence-electron chi connectivity index (χ2n) is 6.70. The summed E-state index contributed by atoms with van der Waals surface area (Å²) < 4.78 is 11.2. The first-order chi connectivity index (χ1) is 12.6. The summed E-state index contributed by atoms with van der Waals surface area (Å²) in [6.45, 7) is 5.45. The number of carbonyl (C=O) groups excluding carboxylic acids is 1. The number of hydrogen-bond donors (Lipinski definition) is 3. The molecule has 4 rings (SSSR count). The lowest BCUT2D eigenvalue weighted by molar-refractivity contribution is 0.0793. The molecule has 1 unspecified atom stereocenters. The van der Waals surface area contributed by atoms with Crippen molar-refractivity contribution in [1.29, 1.82) is 0 Å². The minimum Gasteiger partial charge on any atom is -0.461 e. The molecule has 26 heavy (non-hydrogen) atoms. The van der Waals surface area contributed by atoms with Gasteiger partial charge in [-0.1, -0.05) is 0 Å². The minimum atomic E-state index is -0.333. The largest absolute Gasteiger partial charge is 0.461 e. The summed E-state index contributed by atoms with van der Waals surface area (Å²) in [5.74, 6) is 1.70. The molecule has 3 N–H and O–H groups in total. The van der Waals surface area contributed by atoms with Gasteiger partial charge in [0.1, 0.15) is 11.3 Å². The molecule has 0 saturated carbocycles. The lowest BCUT2D eigenvalue weighted by Gasteiger charge is -2.20. The first-order valence-corrected chi connectivity index (χ1v) is 8.81. The fraction of sp³-hybridized carbons (Fsp3) is 0.368. The number of aromatic nitrogens is 2. The van der Waals surface area contributed by atoms with E-state index in [1.807, 2.05) is 38.1 Å². The molecule has 0 spiro atoms. The zero-order valence-corrected chi connectivity index (χ0v) is 14.9. The van der Waals surface area contributed by atoms with Gasteiger partial charge in [-0.15, -0.1) is 0 Å². The van der Waals surface area contributed by atoms with E-state index in [4.69, 9.17) is 9.15 Å². The number of H-pyrrole nitrogens is 1. The number of benzene rings is 1. The van der Waals surface area contributed by atoms with Crippen molar-refractivity contribution in [3.63, 3.8) is 0 Å². The van der Waals surface area contributed by atoms with Crippen molar-refractivity contribution in [2.75, 3.05) is 23.8 Å². The first-order valence-electron chi connectivity index (χ1n) is 8.81. The normalized spacial score (nSPS) is 17.4. The van der Waals surface area contributed by atoms with Crippen molar-refractivity contribution in [2.24, 2.45) is 0 Å². The number of ether oxygens (including phenoxy) is 1. The van der Waals surface area contributed by atoms with Gasteiger partial charge in [0.25, 0.3) is 0 Å². The molecule has 0 aliphatic carbocycles. The van der Waals surface area contributed by atoms with Crippen LogP contribution in [0.1, 0.15) is 35.8 Å². The number of carbonyl (C=O) groups is 1. The van der Waals surface area contributed by atoms with Crippen LogP contribution < -0.4 is 10.6 Å². The molecule has 1 fully saturated rings. The zero-order valence-electron chi connectivity index (χ0n) is 14.9. The quantitative estimate of drug-likeness (QED) is 0.653. The number of aromatic amines is 1. The number of nitrogens with zero attached hydrogens (tertiary/aromatic N) is 1. The van der Waals surface area contributed by atoms with Crippen LogP contribution in [0.2, 0.25) is 0 Å². The van der Waals surface area contributed by atoms with Gasteiger partial charge in [-0.25, -0.2) is 4.79 Å². The van der Waals surface area contributed by atoms with Crippen molar-refractivity contribution >= 4 is 28.5 Å². The number of aryl methyl sites for hydroxylation is 2. The van der Waals surface area contributed by atoms with Crippen LogP contribution in [0.4, 0.5) is 16.3 Å². The van der Waals surface area contributed by atoms with Gasteiger partial charge in [0.05, 0.1) is 6.61 Å². The van der Waals surface area contributed by atoms with Crippen LogP contribution in [-0.2, 0) is 4.74 Å². The highest BCUT2D eigenvalue weighted by Gasteiger charge is 2.19. The van der Waals surface area contributed by atoms with Crippen molar-refractivity contribution < 1.29 is 13.9 Å². The lowest BCUT2D eigenvalue weighted by atomic mass is 9.99. The summed E-state index contributed by atoms with van der Waals surface area (Å²) in [6, 6.07) is 7.13. The summed E-state index contributed by atoms with van der Waals surface area (Å²) in [5, 5.41) is 13.8. The van der Waals surface area contributed by atoms with E-state index in [0.29, 0.717) is 24.0 Å². The number of furan rings is 1. The molecule has 2 amide bonds. The third kappa shape index (κ3) is 3.30. The Hall–Kier alpha value is -2.80. The highest BCUT2D eigenvalue weighted by Crippen LogP contribution is 2.28. The number of urea groups is 1. The molecule has 0 bridgehead atoms. The third-order valence-corrected chi connectivity index (χ3v) is 4.87. The molecule has 2 aromatic heterocycles. The number of fused-ring (bicyclic) bond motifs is 1. The Morgan fingerprint density at radius 2 is 2.15 bits per heavy atom. The van der Waals surface area contributed by atoms with Crippen LogP contribution in [0, 0.1) is 13.8 Å². The van der Waals surface area contributed by atoms with Crippen molar-refractivity contribution in [2.45, 2.75) is 32.6 Å². The summed E-state index contributed by atoms with van der Waals surface area (Å²) in [5.41, 5.74) is 3.59. The second kappa shape index (κ2) is 6.84. The van der Waals surface area contributed by atoms with E-state index in [1.165, 1.54) is 0 Å². The molecule has 1 saturated heterocycles. The predicted octanol–water partition coefficient (Wildman–Crippen LogP) is 4.31. The van der Waals surface area contributed by atoms with Gasteiger partial charge in [-0.2, -0.15) is 5.10 Å². The van der Waals surface area contributed by atoms with E-state index in [0.717, 1.165) is 47.4 Å². The fourth-order valence-corrected chi connectivity index (χ4v) is 3.30. The lowest BCUT2D eigenvalue weighted by Crippen LogP contribution is -2.19. The number of nitrogens with one attached hydrogen (secondary N) is 3. The van der Waals surface area contributed by atoms with Crippen LogP contribution in [0.5, 0.6) is 0 Å². The zero-order chi connectivity index (χ0) is 18.1. The molecule has 7 heteroatoms. The Labute approximate surface area is 151 Å². The van der Waals surface area contributed by atoms with E-state index in [1.54, 1.807) is 0 Å². The molecule has 1 aliphatic heterocycles. The summed E-state index contributed by atoms with van der Waals surface area (Å²) in [6.07, 6.45) is 2.11. The molecule has 3 aromatic rings. The SMILES string of the molecule is Cc1oc2ccc(NC(=O)Nc3cc(C4CCCOC4)[nH]n3)cc2c1C. The first kappa shape index (κ1) is 16.7. The second-order valence-corrected chi connectivity index (χ2v) is 6.70. The third-order valence-electron chi connectivity index (χ3n) is 4.87. The van der Waals surface area contributed by atoms with Crippen LogP contribution >= 0.6 is 0 Å².